The number of anilines is 2. The zero-order valence-corrected chi connectivity index (χ0v) is 11.1. The monoisotopic (exact) mass is 263 g/mol. The lowest BCUT2D eigenvalue weighted by atomic mass is 10.1. The lowest BCUT2D eigenvalue weighted by molar-refractivity contribution is -0.128. The number of nitrogens with one attached hydrogen (secondary N) is 2. The first-order chi connectivity index (χ1) is 9.08. The molecule has 0 bridgehead atoms. The van der Waals surface area contributed by atoms with Crippen molar-refractivity contribution < 1.29 is 9.59 Å². The van der Waals surface area contributed by atoms with E-state index in [2.05, 4.69) is 20.6 Å². The number of carbonyl (C=O) groups excluding carboxylic acids is 2. The van der Waals surface area contributed by atoms with Crippen molar-refractivity contribution >= 4 is 23.3 Å². The molecule has 0 spiro atoms. The van der Waals surface area contributed by atoms with E-state index in [1.165, 1.54) is 6.33 Å². The number of aryl methyl sites for hydroxylation is 1. The number of carbonyl (C=O) groups is 2. The van der Waals surface area contributed by atoms with E-state index >= 15 is 0 Å². The Labute approximate surface area is 111 Å². The molecule has 0 fully saturated rings. The summed E-state index contributed by atoms with van der Waals surface area (Å²) in [5.74, 6) is 0.504. The minimum atomic E-state index is -0.111. The summed E-state index contributed by atoms with van der Waals surface area (Å²) < 4.78 is 0. The molecule has 19 heavy (non-hydrogen) atoms. The highest BCUT2D eigenvalue weighted by Crippen LogP contribution is 2.25. The third kappa shape index (κ3) is 3.18. The lowest BCUT2D eigenvalue weighted by Gasteiger charge is -2.19. The van der Waals surface area contributed by atoms with Gasteiger partial charge in [0.05, 0.1) is 17.9 Å². The first-order valence-corrected chi connectivity index (χ1v) is 6.15. The van der Waals surface area contributed by atoms with E-state index in [-0.39, 0.29) is 18.4 Å². The second kappa shape index (κ2) is 5.64. The zero-order chi connectivity index (χ0) is 13.8. The summed E-state index contributed by atoms with van der Waals surface area (Å²) in [6.45, 7) is 0.226. The first-order valence-electron chi connectivity index (χ1n) is 6.15. The molecule has 0 saturated heterocycles. The number of rotatable bonds is 4. The SMILES string of the molecule is CN(C)C(=O)CCCc1ncnc2c1NCC(=O)N2. The maximum absolute atomic E-state index is 11.5. The average molecular weight is 263 g/mol. The topological polar surface area (TPSA) is 87.2 Å². The normalized spacial score (nSPS) is 13.3. The predicted molar refractivity (Wildman–Crippen MR) is 70.8 cm³/mol. The van der Waals surface area contributed by atoms with Crippen LogP contribution in [0.5, 0.6) is 0 Å². The van der Waals surface area contributed by atoms with Crippen LogP contribution in [0.1, 0.15) is 18.5 Å². The largest absolute Gasteiger partial charge is 0.372 e. The van der Waals surface area contributed by atoms with Crippen LogP contribution in [-0.2, 0) is 16.0 Å². The van der Waals surface area contributed by atoms with Gasteiger partial charge in [-0.1, -0.05) is 0 Å². The molecule has 0 radical (unpaired) electrons. The number of hydrogen-bond acceptors (Lipinski definition) is 5. The molecule has 1 aliphatic rings. The predicted octanol–water partition coefficient (Wildman–Crippen LogP) is 0.251. The molecule has 102 valence electrons. The van der Waals surface area contributed by atoms with E-state index in [0.29, 0.717) is 18.7 Å². The summed E-state index contributed by atoms with van der Waals surface area (Å²) in [4.78, 5) is 32.5. The number of hydrogen-bond donors (Lipinski definition) is 2. The van der Waals surface area contributed by atoms with Crippen LogP contribution in [0.4, 0.5) is 11.5 Å². The minimum absolute atomic E-state index is 0.101. The third-order valence-electron chi connectivity index (χ3n) is 2.91. The fourth-order valence-electron chi connectivity index (χ4n) is 1.87. The van der Waals surface area contributed by atoms with Gasteiger partial charge < -0.3 is 15.5 Å². The maximum atomic E-state index is 11.5. The van der Waals surface area contributed by atoms with Crippen LogP contribution in [0.3, 0.4) is 0 Å². The molecule has 1 aromatic heterocycles. The Bertz CT molecular complexity index is 501. The van der Waals surface area contributed by atoms with E-state index in [1.54, 1.807) is 19.0 Å². The molecule has 0 unspecified atom stereocenters. The van der Waals surface area contributed by atoms with Gasteiger partial charge in [0.25, 0.3) is 0 Å². The molecule has 0 saturated carbocycles. The van der Waals surface area contributed by atoms with Gasteiger partial charge in [-0.25, -0.2) is 9.97 Å². The molecule has 0 aromatic carbocycles. The number of fused-ring (bicyclic) bond motifs is 1. The molecule has 2 N–H and O–H groups in total. The van der Waals surface area contributed by atoms with Crippen LogP contribution in [0, 0.1) is 0 Å². The van der Waals surface area contributed by atoms with E-state index < -0.39 is 0 Å². The second-order valence-corrected chi connectivity index (χ2v) is 4.59. The summed E-state index contributed by atoms with van der Waals surface area (Å²) in [6, 6.07) is 0. The molecule has 2 amide bonds. The number of aromatic nitrogens is 2. The van der Waals surface area contributed by atoms with Crippen LogP contribution in [-0.4, -0.2) is 47.3 Å². The quantitative estimate of drug-likeness (QED) is 0.813. The van der Waals surface area contributed by atoms with Gasteiger partial charge in [0, 0.05) is 20.5 Å². The van der Waals surface area contributed by atoms with Crippen LogP contribution in [0.2, 0.25) is 0 Å². The van der Waals surface area contributed by atoms with Gasteiger partial charge in [-0.05, 0) is 12.8 Å². The zero-order valence-electron chi connectivity index (χ0n) is 11.1. The Morgan fingerprint density at radius 3 is 2.95 bits per heavy atom. The van der Waals surface area contributed by atoms with Crippen molar-refractivity contribution in [1.29, 1.82) is 0 Å². The molecular weight excluding hydrogens is 246 g/mol. The summed E-state index contributed by atoms with van der Waals surface area (Å²) in [5.41, 5.74) is 1.59. The van der Waals surface area contributed by atoms with Gasteiger partial charge in [0.1, 0.15) is 6.33 Å². The summed E-state index contributed by atoms with van der Waals surface area (Å²) in [7, 11) is 3.48. The van der Waals surface area contributed by atoms with E-state index in [4.69, 9.17) is 0 Å². The van der Waals surface area contributed by atoms with Gasteiger partial charge in [-0.2, -0.15) is 0 Å². The minimum Gasteiger partial charge on any atom is -0.372 e. The highest BCUT2D eigenvalue weighted by Gasteiger charge is 2.19. The van der Waals surface area contributed by atoms with Crippen LogP contribution >= 0.6 is 0 Å². The molecule has 7 heteroatoms. The molecular formula is C12H17N5O2. The summed E-state index contributed by atoms with van der Waals surface area (Å²) in [6.07, 6.45) is 3.30. The number of amides is 2. The van der Waals surface area contributed by atoms with Crippen molar-refractivity contribution in [1.82, 2.24) is 14.9 Å². The van der Waals surface area contributed by atoms with Gasteiger partial charge in [-0.3, -0.25) is 9.59 Å². The van der Waals surface area contributed by atoms with Crippen molar-refractivity contribution in [2.24, 2.45) is 0 Å². The van der Waals surface area contributed by atoms with Crippen molar-refractivity contribution in [2.75, 3.05) is 31.3 Å². The average Bonchev–Trinajstić information content (AvgIpc) is 2.38. The van der Waals surface area contributed by atoms with Crippen molar-refractivity contribution in [3.05, 3.63) is 12.0 Å². The highest BCUT2D eigenvalue weighted by molar-refractivity contribution is 5.99. The highest BCUT2D eigenvalue weighted by atomic mass is 16.2. The standard InChI is InChI=1S/C12H17N5O2/c1-17(2)10(19)5-3-4-8-11-12(15-7-14-8)16-9(18)6-13-11/h7,13H,3-6H2,1-2H3,(H,14,15,16,18). The van der Waals surface area contributed by atoms with Crippen LogP contribution in [0.15, 0.2) is 6.33 Å². The molecule has 0 aliphatic carbocycles. The molecule has 1 aliphatic heterocycles. The Hall–Kier alpha value is -2.18. The Kier molecular flexibility index (Phi) is 3.94. The fraction of sp³-hybridized carbons (Fsp3) is 0.500. The second-order valence-electron chi connectivity index (χ2n) is 4.59. The fourth-order valence-corrected chi connectivity index (χ4v) is 1.87. The maximum Gasteiger partial charge on any atom is 0.244 e. The Morgan fingerprint density at radius 1 is 1.42 bits per heavy atom. The van der Waals surface area contributed by atoms with Crippen LogP contribution in [0.25, 0.3) is 0 Å². The van der Waals surface area contributed by atoms with E-state index in [0.717, 1.165) is 17.8 Å². The summed E-state index contributed by atoms with van der Waals surface area (Å²) in [5, 5.41) is 5.70. The van der Waals surface area contributed by atoms with Crippen molar-refractivity contribution in [3.8, 4) is 0 Å². The van der Waals surface area contributed by atoms with Gasteiger partial charge >= 0.3 is 0 Å². The molecule has 2 rings (SSSR count). The molecule has 0 atom stereocenters. The van der Waals surface area contributed by atoms with Crippen molar-refractivity contribution in [3.63, 3.8) is 0 Å². The van der Waals surface area contributed by atoms with Gasteiger partial charge in [0.15, 0.2) is 5.82 Å². The first kappa shape index (κ1) is 13.3. The Balaban J connectivity index is 2.00. The lowest BCUT2D eigenvalue weighted by Crippen LogP contribution is -2.29. The van der Waals surface area contributed by atoms with Crippen molar-refractivity contribution in [2.45, 2.75) is 19.3 Å². The smallest absolute Gasteiger partial charge is 0.244 e. The molecule has 2 heterocycles. The number of nitrogens with zero attached hydrogens (tertiary/aromatic N) is 3. The molecule has 1 aromatic rings. The van der Waals surface area contributed by atoms with Gasteiger partial charge in [0.2, 0.25) is 11.8 Å². The third-order valence-corrected chi connectivity index (χ3v) is 2.91. The summed E-state index contributed by atoms with van der Waals surface area (Å²) >= 11 is 0. The van der Waals surface area contributed by atoms with Crippen LogP contribution < -0.4 is 10.6 Å². The van der Waals surface area contributed by atoms with E-state index in [1.807, 2.05) is 0 Å². The van der Waals surface area contributed by atoms with Gasteiger partial charge in [-0.15, -0.1) is 0 Å². The van der Waals surface area contributed by atoms with E-state index in [9.17, 15) is 9.59 Å². The molecule has 7 nitrogen and oxygen atoms in total. The Morgan fingerprint density at radius 2 is 2.21 bits per heavy atom.